The van der Waals surface area contributed by atoms with Gasteiger partial charge >= 0.3 is 0 Å². The Hall–Kier alpha value is -0.520. The van der Waals surface area contributed by atoms with Crippen molar-refractivity contribution in [1.29, 1.82) is 0 Å². The van der Waals surface area contributed by atoms with Crippen LogP contribution in [0, 0.1) is 0 Å². The first-order valence-corrected chi connectivity index (χ1v) is 4.05. The van der Waals surface area contributed by atoms with Gasteiger partial charge in [0.05, 0.1) is 0 Å². The molecule has 0 aromatic carbocycles. The summed E-state index contributed by atoms with van der Waals surface area (Å²) in [5.74, 6) is 0. The monoisotopic (exact) mass is 140 g/mol. The van der Waals surface area contributed by atoms with Crippen LogP contribution in [0.15, 0.2) is 24.8 Å². The molecule has 0 spiro atoms. The third-order valence-corrected chi connectivity index (χ3v) is 0.858. The number of allylic oxidation sites excluding steroid dienone is 3. The molecule has 0 heterocycles. The smallest absolute Gasteiger partial charge is 0.0353 e. The summed E-state index contributed by atoms with van der Waals surface area (Å²) in [6.07, 6.45) is 9.90. The summed E-state index contributed by atoms with van der Waals surface area (Å²) in [7, 11) is 0. The van der Waals surface area contributed by atoms with Crippen LogP contribution in [-0.2, 0) is 0 Å². The second kappa shape index (κ2) is 15.8. The van der Waals surface area contributed by atoms with Crippen molar-refractivity contribution >= 4 is 0 Å². The summed E-state index contributed by atoms with van der Waals surface area (Å²) < 4.78 is 0. The molecular weight excluding hydrogens is 120 g/mol. The molecule has 0 heteroatoms. The molecule has 0 nitrogen and oxygen atoms in total. The van der Waals surface area contributed by atoms with Crippen LogP contribution in [0.1, 0.15) is 40.0 Å². The van der Waals surface area contributed by atoms with E-state index in [1.54, 1.807) is 6.08 Å². The lowest BCUT2D eigenvalue weighted by Crippen LogP contribution is -1.58. The Labute approximate surface area is 65.7 Å². The second-order valence-electron chi connectivity index (χ2n) is 2.08. The van der Waals surface area contributed by atoms with E-state index < -0.39 is 0 Å². The maximum Gasteiger partial charge on any atom is -0.0353 e. The highest BCUT2D eigenvalue weighted by Gasteiger charge is 1.68. The minimum absolute atomic E-state index is 1.18. The fourth-order valence-electron chi connectivity index (χ4n) is 0.451. The van der Waals surface area contributed by atoms with Crippen molar-refractivity contribution in [2.45, 2.75) is 40.0 Å². The van der Waals surface area contributed by atoms with E-state index >= 15 is 0 Å². The van der Waals surface area contributed by atoms with E-state index in [0.717, 1.165) is 0 Å². The average Bonchev–Trinajstić information content (AvgIpc) is 1.91. The summed E-state index contributed by atoms with van der Waals surface area (Å²) in [4.78, 5) is 0. The van der Waals surface area contributed by atoms with Gasteiger partial charge in [0.1, 0.15) is 0 Å². The topological polar surface area (TPSA) is 0 Å². The van der Waals surface area contributed by atoms with Crippen molar-refractivity contribution in [1.82, 2.24) is 0 Å². The molecule has 0 atom stereocenters. The molecule has 0 radical (unpaired) electrons. The predicted octanol–water partition coefficient (Wildman–Crippen LogP) is 3.95. The normalized spacial score (nSPS) is 8.70. The van der Waals surface area contributed by atoms with Gasteiger partial charge in [0.25, 0.3) is 0 Å². The molecule has 0 aliphatic rings. The van der Waals surface area contributed by atoms with Crippen molar-refractivity contribution in [2.75, 3.05) is 0 Å². The molecule has 0 saturated carbocycles. The highest BCUT2D eigenvalue weighted by molar-refractivity contribution is 4.78. The molecule has 0 amide bonds. The van der Waals surface area contributed by atoms with Crippen molar-refractivity contribution in [2.24, 2.45) is 0 Å². The lowest BCUT2D eigenvalue weighted by molar-refractivity contribution is 0.952. The third kappa shape index (κ3) is 25.9. The van der Waals surface area contributed by atoms with E-state index in [9.17, 15) is 0 Å². The molecule has 10 heavy (non-hydrogen) atoms. The van der Waals surface area contributed by atoms with Crippen molar-refractivity contribution in [3.05, 3.63) is 24.8 Å². The van der Waals surface area contributed by atoms with Gasteiger partial charge in [-0.2, -0.15) is 0 Å². The van der Waals surface area contributed by atoms with E-state index in [4.69, 9.17) is 0 Å². The molecule has 0 saturated heterocycles. The Morgan fingerprint density at radius 2 is 1.70 bits per heavy atom. The van der Waals surface area contributed by atoms with Crippen LogP contribution in [0.4, 0.5) is 0 Å². The van der Waals surface area contributed by atoms with E-state index in [1.165, 1.54) is 19.3 Å². The van der Waals surface area contributed by atoms with Gasteiger partial charge in [0, 0.05) is 0 Å². The molecule has 0 N–H and O–H groups in total. The highest BCUT2D eigenvalue weighted by atomic mass is 13.7. The highest BCUT2D eigenvalue weighted by Crippen LogP contribution is 1.88. The minimum atomic E-state index is 1.18. The van der Waals surface area contributed by atoms with Gasteiger partial charge in [0.2, 0.25) is 0 Å². The Morgan fingerprint density at radius 3 is 2.00 bits per heavy atom. The van der Waals surface area contributed by atoms with Crippen molar-refractivity contribution < 1.29 is 0 Å². The maximum atomic E-state index is 3.36. The zero-order valence-corrected chi connectivity index (χ0v) is 7.56. The third-order valence-electron chi connectivity index (χ3n) is 0.858. The molecular formula is C10H20. The summed E-state index contributed by atoms with van der Waals surface area (Å²) in [5, 5.41) is 0. The van der Waals surface area contributed by atoms with E-state index in [0.29, 0.717) is 0 Å². The Morgan fingerprint density at radius 1 is 1.20 bits per heavy atom. The zero-order valence-electron chi connectivity index (χ0n) is 7.56. The fourth-order valence-corrected chi connectivity index (χ4v) is 0.451. The zero-order chi connectivity index (χ0) is 8.24. The predicted molar refractivity (Wildman–Crippen MR) is 50.2 cm³/mol. The van der Waals surface area contributed by atoms with Gasteiger partial charge in [-0.3, -0.25) is 0 Å². The first kappa shape index (κ1) is 12.2. The summed E-state index contributed by atoms with van der Waals surface area (Å²) in [5.41, 5.74) is 0. The molecule has 0 aliphatic heterocycles. The van der Waals surface area contributed by atoms with Gasteiger partial charge in [-0.05, 0) is 19.8 Å². The van der Waals surface area contributed by atoms with Crippen LogP contribution in [0.3, 0.4) is 0 Å². The summed E-state index contributed by atoms with van der Waals surface area (Å²) in [6.45, 7) is 9.60. The van der Waals surface area contributed by atoms with Crippen LogP contribution in [0.2, 0.25) is 0 Å². The maximum absolute atomic E-state index is 3.36. The molecule has 0 aliphatic carbocycles. The first-order chi connectivity index (χ1) is 4.83. The number of hydrogen-bond acceptors (Lipinski definition) is 0. The average molecular weight is 140 g/mol. The lowest BCUT2D eigenvalue weighted by Gasteiger charge is -1.79. The largest absolute Gasteiger partial charge is 0.103 e. The quantitative estimate of drug-likeness (QED) is 0.521. The van der Waals surface area contributed by atoms with Gasteiger partial charge in [-0.1, -0.05) is 38.5 Å². The second-order valence-corrected chi connectivity index (χ2v) is 2.08. The standard InChI is InChI=1S/C7H14.C3H6/c1-3-5-7-6-4-2;1-3-2/h5,7H,3-4,6H2,1-2H3;3H,1H2,2H3/b7-5+;. The van der Waals surface area contributed by atoms with Gasteiger partial charge in [-0.15, -0.1) is 6.58 Å². The van der Waals surface area contributed by atoms with Crippen LogP contribution in [0.5, 0.6) is 0 Å². The Kier molecular flexibility index (Phi) is 19.3. The SMILES string of the molecule is C=CC.CC/C=C/CCC. The lowest BCUT2D eigenvalue weighted by atomic mass is 10.3. The molecule has 0 rings (SSSR count). The number of hydrogen-bond donors (Lipinski definition) is 0. The van der Waals surface area contributed by atoms with Gasteiger partial charge in [0.15, 0.2) is 0 Å². The summed E-state index contributed by atoms with van der Waals surface area (Å²) >= 11 is 0. The van der Waals surface area contributed by atoms with Crippen LogP contribution in [0.25, 0.3) is 0 Å². The summed E-state index contributed by atoms with van der Waals surface area (Å²) in [6, 6.07) is 0. The van der Waals surface area contributed by atoms with Crippen LogP contribution >= 0.6 is 0 Å². The van der Waals surface area contributed by atoms with E-state index in [2.05, 4.69) is 32.6 Å². The number of rotatable bonds is 3. The van der Waals surface area contributed by atoms with E-state index in [-0.39, 0.29) is 0 Å². The van der Waals surface area contributed by atoms with Gasteiger partial charge < -0.3 is 0 Å². The Bertz CT molecular complexity index is 70.1. The van der Waals surface area contributed by atoms with E-state index in [1.807, 2.05) is 6.92 Å². The molecule has 0 unspecified atom stereocenters. The fraction of sp³-hybridized carbons (Fsp3) is 0.600. The molecule has 60 valence electrons. The Balaban J connectivity index is 0. The van der Waals surface area contributed by atoms with Crippen LogP contribution in [-0.4, -0.2) is 0 Å². The van der Waals surface area contributed by atoms with Gasteiger partial charge in [-0.25, -0.2) is 0 Å². The van der Waals surface area contributed by atoms with Crippen molar-refractivity contribution in [3.63, 3.8) is 0 Å². The van der Waals surface area contributed by atoms with Crippen LogP contribution < -0.4 is 0 Å². The molecule has 0 aromatic rings. The van der Waals surface area contributed by atoms with Crippen molar-refractivity contribution in [3.8, 4) is 0 Å². The first-order valence-electron chi connectivity index (χ1n) is 4.05. The number of unbranched alkanes of at least 4 members (excludes halogenated alkanes) is 1. The molecule has 0 bridgehead atoms. The minimum Gasteiger partial charge on any atom is -0.103 e. The molecule has 0 fully saturated rings. The molecule has 0 aromatic heterocycles.